The Balaban J connectivity index is 2.05. The highest BCUT2D eigenvalue weighted by Crippen LogP contribution is 2.37. The van der Waals surface area contributed by atoms with Crippen LogP contribution in [-0.4, -0.2) is 30.3 Å². The average molecular weight is 199 g/mol. The van der Waals surface area contributed by atoms with Crippen LogP contribution < -0.4 is 5.73 Å². The van der Waals surface area contributed by atoms with Gasteiger partial charge in [-0.25, -0.2) is 0 Å². The van der Waals surface area contributed by atoms with Crippen LogP contribution >= 0.6 is 0 Å². The van der Waals surface area contributed by atoms with Gasteiger partial charge in [0, 0.05) is 12.8 Å². The molecule has 2 aliphatic rings. The van der Waals surface area contributed by atoms with E-state index in [-0.39, 0.29) is 18.2 Å². The lowest BCUT2D eigenvalue weighted by atomic mass is 9.87. The summed E-state index contributed by atoms with van der Waals surface area (Å²) in [6.45, 7) is 2.20. The van der Waals surface area contributed by atoms with Gasteiger partial charge in [-0.2, -0.15) is 0 Å². The summed E-state index contributed by atoms with van der Waals surface area (Å²) in [5.41, 5.74) is 5.26. The molecular weight excluding hydrogens is 182 g/mol. The van der Waals surface area contributed by atoms with E-state index in [1.165, 1.54) is 0 Å². The zero-order valence-corrected chi connectivity index (χ0v) is 8.49. The van der Waals surface area contributed by atoms with Gasteiger partial charge in [-0.1, -0.05) is 0 Å². The first kappa shape index (κ1) is 9.93. The third-order valence-corrected chi connectivity index (χ3v) is 3.06. The number of carbonyl (C=O) groups is 1. The first-order valence-corrected chi connectivity index (χ1v) is 5.25. The molecule has 0 spiro atoms. The lowest BCUT2D eigenvalue weighted by Gasteiger charge is -2.35. The van der Waals surface area contributed by atoms with Crippen molar-refractivity contribution in [2.24, 2.45) is 5.73 Å². The van der Waals surface area contributed by atoms with E-state index < -0.39 is 5.54 Å². The van der Waals surface area contributed by atoms with Crippen molar-refractivity contribution in [3.05, 3.63) is 0 Å². The van der Waals surface area contributed by atoms with Crippen LogP contribution in [0.1, 0.15) is 32.6 Å². The van der Waals surface area contributed by atoms with Crippen LogP contribution in [0.25, 0.3) is 0 Å². The number of carbonyl (C=O) groups excluding carboxylic acids is 1. The predicted octanol–water partition coefficient (Wildman–Crippen LogP) is 0.588. The van der Waals surface area contributed by atoms with Crippen LogP contribution in [0.2, 0.25) is 0 Å². The lowest BCUT2D eigenvalue weighted by Crippen LogP contribution is -2.55. The molecule has 2 atom stereocenters. The second-order valence-electron chi connectivity index (χ2n) is 4.24. The lowest BCUT2D eigenvalue weighted by molar-refractivity contribution is -0.156. The molecule has 2 aliphatic heterocycles. The Bertz CT molecular complexity index is 230. The summed E-state index contributed by atoms with van der Waals surface area (Å²) in [5.74, 6) is -0.264. The number of hydrogen-bond acceptors (Lipinski definition) is 4. The molecule has 0 aliphatic carbocycles. The number of rotatable bonds is 2. The van der Waals surface area contributed by atoms with Crippen molar-refractivity contribution in [3.8, 4) is 0 Å². The normalized spacial score (nSPS) is 41.0. The summed E-state index contributed by atoms with van der Waals surface area (Å²) in [7, 11) is 0. The Morgan fingerprint density at radius 3 is 2.57 bits per heavy atom. The minimum absolute atomic E-state index is 0.170. The third-order valence-electron chi connectivity index (χ3n) is 3.06. The van der Waals surface area contributed by atoms with Crippen LogP contribution in [-0.2, 0) is 14.3 Å². The molecule has 0 aromatic carbocycles. The Kier molecular flexibility index (Phi) is 2.49. The molecule has 14 heavy (non-hydrogen) atoms. The topological polar surface area (TPSA) is 61.5 Å². The van der Waals surface area contributed by atoms with E-state index in [1.54, 1.807) is 6.92 Å². The van der Waals surface area contributed by atoms with Crippen molar-refractivity contribution in [2.75, 3.05) is 6.61 Å². The van der Waals surface area contributed by atoms with Gasteiger partial charge in [0.2, 0.25) is 0 Å². The fourth-order valence-electron chi connectivity index (χ4n) is 2.42. The highest BCUT2D eigenvalue weighted by Gasteiger charge is 2.47. The fraction of sp³-hybridized carbons (Fsp3) is 0.900. The molecule has 2 rings (SSSR count). The first-order chi connectivity index (χ1) is 6.64. The first-order valence-electron chi connectivity index (χ1n) is 5.25. The number of fused-ring (bicyclic) bond motifs is 2. The second kappa shape index (κ2) is 3.51. The van der Waals surface area contributed by atoms with Crippen molar-refractivity contribution in [3.63, 3.8) is 0 Å². The molecule has 0 radical (unpaired) electrons. The average Bonchev–Trinajstić information content (AvgIpc) is 2.46. The quantitative estimate of drug-likeness (QED) is 0.661. The summed E-state index contributed by atoms with van der Waals surface area (Å²) >= 11 is 0. The number of hydrogen-bond donors (Lipinski definition) is 1. The van der Waals surface area contributed by atoms with Crippen molar-refractivity contribution in [1.82, 2.24) is 0 Å². The molecule has 4 heteroatoms. The molecule has 2 bridgehead atoms. The Morgan fingerprint density at radius 2 is 2.07 bits per heavy atom. The van der Waals surface area contributed by atoms with Gasteiger partial charge in [-0.05, 0) is 19.8 Å². The van der Waals surface area contributed by atoms with E-state index in [4.69, 9.17) is 15.2 Å². The van der Waals surface area contributed by atoms with Crippen LogP contribution in [0.15, 0.2) is 0 Å². The van der Waals surface area contributed by atoms with Gasteiger partial charge >= 0.3 is 5.97 Å². The van der Waals surface area contributed by atoms with Crippen molar-refractivity contribution in [2.45, 2.75) is 50.4 Å². The minimum atomic E-state index is -0.792. The SMILES string of the molecule is CCOC(=O)C1(N)C[C@@H]2CC[C@@H](C1)O2. The zero-order valence-electron chi connectivity index (χ0n) is 8.49. The molecule has 2 saturated heterocycles. The van der Waals surface area contributed by atoms with E-state index in [0.717, 1.165) is 12.8 Å². The van der Waals surface area contributed by atoms with E-state index in [9.17, 15) is 4.79 Å². The molecular formula is C10H17NO3. The van der Waals surface area contributed by atoms with Gasteiger partial charge in [-0.3, -0.25) is 4.79 Å². The Hall–Kier alpha value is -0.610. The summed E-state index contributed by atoms with van der Waals surface area (Å²) < 4.78 is 10.6. The molecule has 2 heterocycles. The van der Waals surface area contributed by atoms with Crippen molar-refractivity contribution >= 4 is 5.97 Å². The Morgan fingerprint density at radius 1 is 1.50 bits per heavy atom. The maximum Gasteiger partial charge on any atom is 0.326 e. The van der Waals surface area contributed by atoms with Crippen LogP contribution in [0, 0.1) is 0 Å². The van der Waals surface area contributed by atoms with E-state index in [1.807, 2.05) is 0 Å². The fourth-order valence-corrected chi connectivity index (χ4v) is 2.42. The van der Waals surface area contributed by atoms with Gasteiger partial charge in [0.1, 0.15) is 5.54 Å². The summed E-state index contributed by atoms with van der Waals surface area (Å²) in [4.78, 5) is 11.6. The van der Waals surface area contributed by atoms with Crippen LogP contribution in [0.4, 0.5) is 0 Å². The van der Waals surface area contributed by atoms with Crippen LogP contribution in [0.3, 0.4) is 0 Å². The monoisotopic (exact) mass is 199 g/mol. The van der Waals surface area contributed by atoms with Gasteiger partial charge in [0.05, 0.1) is 18.8 Å². The van der Waals surface area contributed by atoms with Gasteiger partial charge in [0.15, 0.2) is 0 Å². The molecule has 80 valence electrons. The molecule has 2 N–H and O–H groups in total. The molecule has 0 amide bonds. The summed E-state index contributed by atoms with van der Waals surface area (Å²) in [6.07, 6.45) is 3.63. The second-order valence-corrected chi connectivity index (χ2v) is 4.24. The van der Waals surface area contributed by atoms with Gasteiger partial charge in [-0.15, -0.1) is 0 Å². The largest absolute Gasteiger partial charge is 0.465 e. The number of ether oxygens (including phenoxy) is 2. The van der Waals surface area contributed by atoms with E-state index in [2.05, 4.69) is 0 Å². The summed E-state index contributed by atoms with van der Waals surface area (Å²) in [5, 5.41) is 0. The molecule has 4 nitrogen and oxygen atoms in total. The maximum absolute atomic E-state index is 11.6. The van der Waals surface area contributed by atoms with Crippen molar-refractivity contribution < 1.29 is 14.3 Å². The zero-order chi connectivity index (χ0) is 10.2. The van der Waals surface area contributed by atoms with Crippen LogP contribution in [0.5, 0.6) is 0 Å². The highest BCUT2D eigenvalue weighted by atomic mass is 16.5. The number of esters is 1. The van der Waals surface area contributed by atoms with E-state index >= 15 is 0 Å². The number of nitrogens with two attached hydrogens (primary N) is 1. The van der Waals surface area contributed by atoms with Crippen molar-refractivity contribution in [1.29, 1.82) is 0 Å². The molecule has 0 aromatic rings. The summed E-state index contributed by atoms with van der Waals surface area (Å²) in [6, 6.07) is 0. The molecule has 0 unspecified atom stereocenters. The Labute approximate surface area is 83.7 Å². The minimum Gasteiger partial charge on any atom is -0.465 e. The standard InChI is InChI=1S/C10H17NO3/c1-2-13-9(12)10(11)5-7-3-4-8(6-10)14-7/h7-8H,2-6,11H2,1H3/t7-,8-/m0/s1. The highest BCUT2D eigenvalue weighted by molar-refractivity contribution is 5.80. The predicted molar refractivity (Wildman–Crippen MR) is 50.7 cm³/mol. The van der Waals surface area contributed by atoms with E-state index in [0.29, 0.717) is 19.4 Å². The molecule has 0 aromatic heterocycles. The smallest absolute Gasteiger partial charge is 0.326 e. The molecule has 0 saturated carbocycles. The third kappa shape index (κ3) is 1.64. The maximum atomic E-state index is 11.6. The molecule has 2 fully saturated rings. The van der Waals surface area contributed by atoms with Gasteiger partial charge < -0.3 is 15.2 Å². The van der Waals surface area contributed by atoms with Gasteiger partial charge in [0.25, 0.3) is 0 Å².